The van der Waals surface area contributed by atoms with Crippen molar-refractivity contribution in [3.8, 4) is 34.4 Å². The number of nitriles is 1. The fraction of sp³-hybridized carbons (Fsp3) is 0.357. The van der Waals surface area contributed by atoms with Crippen LogP contribution in [0.1, 0.15) is 46.4 Å². The Kier molecular flexibility index (Phi) is 15.3. The van der Waals surface area contributed by atoms with Gasteiger partial charge in [-0.2, -0.15) is 10.4 Å². The van der Waals surface area contributed by atoms with Crippen LogP contribution in [0.15, 0.2) is 73.1 Å². The van der Waals surface area contributed by atoms with E-state index in [9.17, 15) is 24.0 Å². The minimum Gasteiger partial charge on any atom is -0.492 e. The molecule has 4 aromatic rings. The summed E-state index contributed by atoms with van der Waals surface area (Å²) in [7, 11) is 1.42. The van der Waals surface area contributed by atoms with Crippen molar-refractivity contribution in [2.45, 2.75) is 50.9 Å². The molecule has 316 valence electrons. The van der Waals surface area contributed by atoms with E-state index in [1.807, 2.05) is 6.07 Å². The first kappa shape index (κ1) is 44.3. The number of nitrogens with two attached hydrogens (primary N) is 3. The summed E-state index contributed by atoms with van der Waals surface area (Å²) in [6.07, 6.45) is 3.46. The number of nitrogens with one attached hydrogen (secondary N) is 4. The molecule has 60 heavy (non-hydrogen) atoms. The number of carbonyl (C=O) groups is 5. The second-order valence-electron chi connectivity index (χ2n) is 14.1. The number of aryl methyl sites for hydroxylation is 1. The van der Waals surface area contributed by atoms with Crippen molar-refractivity contribution in [1.29, 1.82) is 5.26 Å². The standard InChI is InChI=1S/C42H51N11O7/c1-25-21-29(53-18-4-16-48-53)7-8-30(25)39(55)50-33(11-12-43)42(58)52(3)37-28-6-10-36(60-20-15-46)32(24-28)31-22-27(5-9-35(31)59-19-14-45)23-34(40(56)47-17-13-44)51-38(54)26(2)49-41(37)57/h4-10,16,18,21-22,24,26,33-34,37H,11-12,14-15,17,19-20,23,43,45-46H2,1-3H3,(H,47,56)(H,49,57)(H,50,55)(H,51,54)/t26-,33-,34-,37-/m0/s1. The van der Waals surface area contributed by atoms with Gasteiger partial charge in [-0.15, -0.1) is 0 Å². The highest BCUT2D eigenvalue weighted by Crippen LogP contribution is 2.40. The van der Waals surface area contributed by atoms with Gasteiger partial charge < -0.3 is 52.8 Å². The van der Waals surface area contributed by atoms with Crippen LogP contribution in [0.4, 0.5) is 0 Å². The average molecular weight is 822 g/mol. The van der Waals surface area contributed by atoms with Crippen molar-refractivity contribution in [2.75, 3.05) is 46.4 Å². The van der Waals surface area contributed by atoms with Gasteiger partial charge in [0, 0.05) is 55.6 Å². The maximum atomic E-state index is 14.5. The van der Waals surface area contributed by atoms with Crippen LogP contribution in [0.3, 0.4) is 0 Å². The Morgan fingerprint density at radius 1 is 0.967 bits per heavy atom. The number of nitrogens with zero attached hydrogens (tertiary/aromatic N) is 4. The van der Waals surface area contributed by atoms with E-state index in [4.69, 9.17) is 31.9 Å². The Bertz CT molecular complexity index is 2220. The topological polar surface area (TPSA) is 275 Å². The van der Waals surface area contributed by atoms with E-state index in [0.29, 0.717) is 44.9 Å². The average Bonchev–Trinajstić information content (AvgIpc) is 3.79. The van der Waals surface area contributed by atoms with E-state index in [-0.39, 0.29) is 52.2 Å². The molecule has 4 atom stereocenters. The summed E-state index contributed by atoms with van der Waals surface area (Å²) in [5.74, 6) is -2.43. The van der Waals surface area contributed by atoms with E-state index >= 15 is 0 Å². The van der Waals surface area contributed by atoms with Crippen molar-refractivity contribution in [3.63, 3.8) is 0 Å². The molecule has 0 fully saturated rings. The van der Waals surface area contributed by atoms with Gasteiger partial charge in [0.05, 0.1) is 11.8 Å². The minimum atomic E-state index is -1.38. The summed E-state index contributed by atoms with van der Waals surface area (Å²) in [4.78, 5) is 70.9. The van der Waals surface area contributed by atoms with Crippen LogP contribution in [0.25, 0.3) is 16.8 Å². The lowest BCUT2D eigenvalue weighted by Gasteiger charge is -2.32. The van der Waals surface area contributed by atoms with E-state index in [1.165, 1.54) is 18.9 Å². The molecule has 10 N–H and O–H groups in total. The fourth-order valence-electron chi connectivity index (χ4n) is 6.83. The molecule has 0 spiro atoms. The second-order valence-corrected chi connectivity index (χ2v) is 14.1. The Balaban J connectivity index is 1.59. The lowest BCUT2D eigenvalue weighted by atomic mass is 9.93. The largest absolute Gasteiger partial charge is 0.492 e. The number of benzene rings is 3. The van der Waals surface area contributed by atoms with E-state index in [1.54, 1.807) is 84.7 Å². The molecule has 3 aromatic carbocycles. The molecule has 0 radical (unpaired) electrons. The lowest BCUT2D eigenvalue weighted by molar-refractivity contribution is -0.141. The number of rotatable bonds is 15. The number of fused-ring (bicyclic) bond motifs is 5. The number of carbonyl (C=O) groups excluding carboxylic acids is 5. The molecular formula is C42H51N11O7. The van der Waals surface area contributed by atoms with Gasteiger partial charge in [0.2, 0.25) is 23.6 Å². The SMILES string of the molecule is Cc1cc(-n2cccn2)ccc1C(=O)N[C@@H](CCN)C(=O)N(C)[C@@H]1C(=O)N[C@@H](C)C(=O)N[C@H](C(=O)NCC#N)Cc2ccc(OCCN)c(c2)-c2cc1ccc2OCCN. The molecule has 0 unspecified atom stereocenters. The van der Waals surface area contributed by atoms with Crippen LogP contribution in [-0.4, -0.2) is 109 Å². The number of ether oxygens (including phenoxy) is 2. The first-order valence-electron chi connectivity index (χ1n) is 19.5. The zero-order valence-electron chi connectivity index (χ0n) is 33.8. The van der Waals surface area contributed by atoms with Gasteiger partial charge in [0.25, 0.3) is 5.91 Å². The zero-order chi connectivity index (χ0) is 43.3. The predicted octanol–water partition coefficient (Wildman–Crippen LogP) is 0.355. The van der Waals surface area contributed by atoms with Gasteiger partial charge in [-0.05, 0) is 92.0 Å². The van der Waals surface area contributed by atoms with Crippen LogP contribution in [0.5, 0.6) is 11.5 Å². The Morgan fingerprint density at radius 2 is 1.67 bits per heavy atom. The summed E-state index contributed by atoms with van der Waals surface area (Å²) in [6.45, 7) is 3.64. The van der Waals surface area contributed by atoms with Crippen LogP contribution in [0.2, 0.25) is 0 Å². The van der Waals surface area contributed by atoms with E-state index in [2.05, 4.69) is 26.4 Å². The van der Waals surface area contributed by atoms with Crippen molar-refractivity contribution in [2.24, 2.45) is 17.2 Å². The quantitative estimate of drug-likeness (QED) is 0.0801. The van der Waals surface area contributed by atoms with Crippen molar-refractivity contribution in [3.05, 3.63) is 95.3 Å². The Labute approximate surface area is 347 Å². The zero-order valence-corrected chi connectivity index (χ0v) is 33.8. The molecule has 1 aliphatic heterocycles. The molecule has 4 bridgehead atoms. The van der Waals surface area contributed by atoms with Crippen molar-refractivity contribution >= 4 is 29.5 Å². The number of likely N-dealkylation sites (N-methyl/N-ethyl adjacent to an activating group) is 1. The van der Waals surface area contributed by atoms with Crippen molar-refractivity contribution < 1.29 is 33.4 Å². The highest BCUT2D eigenvalue weighted by atomic mass is 16.5. The summed E-state index contributed by atoms with van der Waals surface area (Å²) in [6, 6.07) is 14.1. The number of aromatic nitrogens is 2. The van der Waals surface area contributed by atoms with Gasteiger partial charge in [0.15, 0.2) is 0 Å². The van der Waals surface area contributed by atoms with Crippen LogP contribution in [-0.2, 0) is 25.6 Å². The summed E-state index contributed by atoms with van der Waals surface area (Å²) in [5, 5.41) is 24.1. The third kappa shape index (κ3) is 10.6. The van der Waals surface area contributed by atoms with Crippen molar-refractivity contribution in [1.82, 2.24) is 35.9 Å². The molecule has 0 saturated carbocycles. The smallest absolute Gasteiger partial charge is 0.252 e. The van der Waals surface area contributed by atoms with E-state index in [0.717, 1.165) is 5.69 Å². The lowest BCUT2D eigenvalue weighted by Crippen LogP contribution is -2.56. The van der Waals surface area contributed by atoms with Gasteiger partial charge >= 0.3 is 0 Å². The maximum absolute atomic E-state index is 14.5. The van der Waals surface area contributed by atoms with E-state index < -0.39 is 53.7 Å². The molecule has 1 aromatic heterocycles. The monoisotopic (exact) mass is 821 g/mol. The number of hydrogen-bond donors (Lipinski definition) is 7. The molecular weight excluding hydrogens is 771 g/mol. The molecule has 0 aliphatic carbocycles. The fourth-order valence-corrected chi connectivity index (χ4v) is 6.83. The van der Waals surface area contributed by atoms with Gasteiger partial charge in [0.1, 0.15) is 55.4 Å². The molecule has 18 nitrogen and oxygen atoms in total. The first-order chi connectivity index (χ1) is 28.9. The van der Waals surface area contributed by atoms with Gasteiger partial charge in [-0.1, -0.05) is 12.1 Å². The minimum absolute atomic E-state index is 0.00857. The summed E-state index contributed by atoms with van der Waals surface area (Å²) >= 11 is 0. The number of amides is 5. The van der Waals surface area contributed by atoms with Crippen LogP contribution in [0, 0.1) is 18.3 Å². The van der Waals surface area contributed by atoms with Crippen LogP contribution >= 0.6 is 0 Å². The molecule has 5 amide bonds. The Hall–Kier alpha value is -6.81. The first-order valence-corrected chi connectivity index (χ1v) is 19.5. The summed E-state index contributed by atoms with van der Waals surface area (Å²) < 4.78 is 13.8. The second kappa shape index (κ2) is 20.7. The molecule has 5 rings (SSSR count). The maximum Gasteiger partial charge on any atom is 0.252 e. The normalized spacial score (nSPS) is 16.9. The number of hydrogen-bond acceptors (Lipinski definition) is 12. The van der Waals surface area contributed by atoms with Gasteiger partial charge in [-0.3, -0.25) is 24.0 Å². The third-order valence-corrected chi connectivity index (χ3v) is 9.84. The highest BCUT2D eigenvalue weighted by Gasteiger charge is 2.36. The molecule has 0 saturated heterocycles. The highest BCUT2D eigenvalue weighted by molar-refractivity contribution is 6.00. The molecule has 1 aliphatic rings. The predicted molar refractivity (Wildman–Crippen MR) is 222 cm³/mol. The molecule has 18 heteroatoms. The van der Waals surface area contributed by atoms with Crippen LogP contribution < -0.4 is 47.9 Å². The van der Waals surface area contributed by atoms with Gasteiger partial charge in [-0.25, -0.2) is 4.68 Å². The molecule has 2 heterocycles. The third-order valence-electron chi connectivity index (χ3n) is 9.84. The summed E-state index contributed by atoms with van der Waals surface area (Å²) in [5.41, 5.74) is 21.2. The Morgan fingerprint density at radius 3 is 2.30 bits per heavy atom.